The zero-order chi connectivity index (χ0) is 28.5. The highest BCUT2D eigenvalue weighted by molar-refractivity contribution is 6.31. The number of aromatic nitrogens is 5. The molecule has 4 aromatic rings. The number of nitriles is 1. The highest BCUT2D eigenvalue weighted by atomic mass is 35.5. The number of nitrogens with one attached hydrogen (secondary N) is 1. The number of amides is 1. The molecule has 1 amide bonds. The minimum atomic E-state index is -0.853. The van der Waals surface area contributed by atoms with Crippen LogP contribution in [0.3, 0.4) is 0 Å². The molecule has 0 saturated heterocycles. The number of halogens is 2. The average molecular weight is 554 g/mol. The molecular weight excluding hydrogens is 529 g/mol. The molecule has 2 atom stereocenters. The Labute approximate surface area is 227 Å². The summed E-state index contributed by atoms with van der Waals surface area (Å²) < 4.78 is 21.8. The van der Waals surface area contributed by atoms with Crippen molar-refractivity contribution in [1.29, 1.82) is 5.26 Å². The van der Waals surface area contributed by atoms with Crippen molar-refractivity contribution in [1.82, 2.24) is 24.5 Å². The maximum atomic E-state index is 14.4. The van der Waals surface area contributed by atoms with Gasteiger partial charge in [0.05, 0.1) is 30.4 Å². The summed E-state index contributed by atoms with van der Waals surface area (Å²) in [5.74, 6) is -3.44. The van der Waals surface area contributed by atoms with Crippen LogP contribution in [-0.4, -0.2) is 35.5 Å². The fraction of sp³-hybridized carbons (Fsp3) is 0.308. The monoisotopic (exact) mass is 553 g/mol. The van der Waals surface area contributed by atoms with E-state index in [9.17, 15) is 24.3 Å². The SMILES string of the molecule is C[C@H](c1nc(C(=O)Nc2cnoc2)c(O)c(=O)n1C)[C@H](c1cnn(CC(C)(C)C#N)c1)c1cc(F)ccc1Cl. The molecule has 202 valence electrons. The third-order valence-electron chi connectivity index (χ3n) is 6.28. The molecule has 0 aliphatic rings. The van der Waals surface area contributed by atoms with Gasteiger partial charge in [0, 0.05) is 30.1 Å². The summed E-state index contributed by atoms with van der Waals surface area (Å²) in [5.41, 5.74) is -0.832. The predicted octanol–water partition coefficient (Wildman–Crippen LogP) is 4.20. The smallest absolute Gasteiger partial charge is 0.296 e. The van der Waals surface area contributed by atoms with Crippen LogP contribution in [0.4, 0.5) is 10.1 Å². The molecule has 1 aromatic carbocycles. The second-order valence-electron chi connectivity index (χ2n) is 9.80. The van der Waals surface area contributed by atoms with Crippen LogP contribution in [0.15, 0.2) is 52.4 Å². The van der Waals surface area contributed by atoms with E-state index in [-0.39, 0.29) is 16.5 Å². The van der Waals surface area contributed by atoms with E-state index in [1.54, 1.807) is 37.8 Å². The number of carbonyl (C=O) groups excluding carboxylic acids is 1. The zero-order valence-electron chi connectivity index (χ0n) is 21.5. The second kappa shape index (κ2) is 10.7. The minimum Gasteiger partial charge on any atom is -0.501 e. The van der Waals surface area contributed by atoms with Crippen LogP contribution in [0.2, 0.25) is 5.02 Å². The van der Waals surface area contributed by atoms with Crippen LogP contribution in [0.25, 0.3) is 0 Å². The van der Waals surface area contributed by atoms with Crippen LogP contribution < -0.4 is 10.9 Å². The van der Waals surface area contributed by atoms with E-state index >= 15 is 0 Å². The molecule has 3 aromatic heterocycles. The molecule has 39 heavy (non-hydrogen) atoms. The summed E-state index contributed by atoms with van der Waals surface area (Å²) in [4.78, 5) is 30.2. The van der Waals surface area contributed by atoms with Crippen molar-refractivity contribution in [3.8, 4) is 11.8 Å². The first-order valence-electron chi connectivity index (χ1n) is 11.8. The molecule has 2 N–H and O–H groups in total. The summed E-state index contributed by atoms with van der Waals surface area (Å²) in [6, 6.07) is 6.17. The van der Waals surface area contributed by atoms with Crippen LogP contribution in [0, 0.1) is 22.6 Å². The van der Waals surface area contributed by atoms with Crippen molar-refractivity contribution in [3.63, 3.8) is 0 Å². The molecule has 0 unspecified atom stereocenters. The fourth-order valence-corrected chi connectivity index (χ4v) is 4.57. The summed E-state index contributed by atoms with van der Waals surface area (Å²) in [5, 5.41) is 30.5. The zero-order valence-corrected chi connectivity index (χ0v) is 22.3. The van der Waals surface area contributed by atoms with Gasteiger partial charge in [-0.05, 0) is 43.2 Å². The Morgan fingerprint density at radius 3 is 2.77 bits per heavy atom. The number of nitrogens with zero attached hydrogens (tertiary/aromatic N) is 6. The molecule has 0 aliphatic heterocycles. The van der Waals surface area contributed by atoms with Gasteiger partial charge in [-0.3, -0.25) is 18.8 Å². The Bertz CT molecular complexity index is 1620. The van der Waals surface area contributed by atoms with E-state index in [2.05, 4.69) is 26.6 Å². The van der Waals surface area contributed by atoms with Gasteiger partial charge in [-0.15, -0.1) is 0 Å². The number of anilines is 1. The normalized spacial score (nSPS) is 13.1. The van der Waals surface area contributed by atoms with Gasteiger partial charge in [0.15, 0.2) is 5.69 Å². The molecule has 0 spiro atoms. The van der Waals surface area contributed by atoms with Crippen LogP contribution >= 0.6 is 11.6 Å². The standard InChI is InChI=1S/C26H25ClFN7O4/c1-14(23-33-21(22(36)25(38)34(23)4)24(37)32-17-9-31-39-11-17)20(18-7-16(28)5-6-19(18)27)15-8-30-35(10-15)13-26(2,3)12-29/h5-11,14,20,36H,13H2,1-4H3,(H,32,37)/t14-,20+/m0/s1. The summed E-state index contributed by atoms with van der Waals surface area (Å²) >= 11 is 6.52. The Balaban J connectivity index is 1.84. The lowest BCUT2D eigenvalue weighted by Crippen LogP contribution is -2.29. The van der Waals surface area contributed by atoms with Gasteiger partial charge in [-0.1, -0.05) is 23.7 Å². The first-order valence-corrected chi connectivity index (χ1v) is 12.2. The number of aromatic hydroxyl groups is 1. The van der Waals surface area contributed by atoms with E-state index in [0.29, 0.717) is 17.7 Å². The van der Waals surface area contributed by atoms with Crippen molar-refractivity contribution < 1.29 is 18.8 Å². The topological polar surface area (TPSA) is 152 Å². The van der Waals surface area contributed by atoms with Gasteiger partial charge >= 0.3 is 0 Å². The lowest BCUT2D eigenvalue weighted by Gasteiger charge is -2.26. The van der Waals surface area contributed by atoms with Crippen LogP contribution in [0.5, 0.6) is 5.75 Å². The number of rotatable bonds is 8. The van der Waals surface area contributed by atoms with Gasteiger partial charge in [-0.2, -0.15) is 10.4 Å². The molecule has 0 saturated carbocycles. The molecule has 0 aliphatic carbocycles. The highest BCUT2D eigenvalue weighted by Crippen LogP contribution is 2.41. The van der Waals surface area contributed by atoms with Crippen molar-refractivity contribution in [2.75, 3.05) is 5.32 Å². The summed E-state index contributed by atoms with van der Waals surface area (Å²) in [6.45, 7) is 5.59. The third-order valence-corrected chi connectivity index (χ3v) is 6.62. The van der Waals surface area contributed by atoms with E-state index in [4.69, 9.17) is 16.1 Å². The largest absolute Gasteiger partial charge is 0.501 e. The number of hydrogen-bond donors (Lipinski definition) is 2. The fourth-order valence-electron chi connectivity index (χ4n) is 4.34. The number of hydrogen-bond acceptors (Lipinski definition) is 8. The molecule has 13 heteroatoms. The first-order chi connectivity index (χ1) is 18.4. The quantitative estimate of drug-likeness (QED) is 0.329. The third kappa shape index (κ3) is 5.68. The van der Waals surface area contributed by atoms with Crippen molar-refractivity contribution >= 4 is 23.2 Å². The molecule has 0 radical (unpaired) electrons. The Morgan fingerprint density at radius 1 is 1.36 bits per heavy atom. The second-order valence-corrected chi connectivity index (χ2v) is 10.2. The first kappa shape index (κ1) is 27.5. The lowest BCUT2D eigenvalue weighted by atomic mass is 9.82. The Hall–Kier alpha value is -4.50. The van der Waals surface area contributed by atoms with E-state index in [1.807, 2.05) is 0 Å². The van der Waals surface area contributed by atoms with Gasteiger partial charge in [0.25, 0.3) is 11.5 Å². The van der Waals surface area contributed by atoms with Gasteiger partial charge < -0.3 is 14.9 Å². The Kier molecular flexibility index (Phi) is 7.56. The van der Waals surface area contributed by atoms with Gasteiger partial charge in [-0.25, -0.2) is 9.37 Å². The average Bonchev–Trinajstić information content (AvgIpc) is 3.57. The van der Waals surface area contributed by atoms with E-state index in [1.165, 1.54) is 37.7 Å². The maximum absolute atomic E-state index is 14.4. The highest BCUT2D eigenvalue weighted by Gasteiger charge is 2.32. The number of benzene rings is 1. The molecular formula is C26H25ClFN7O4. The summed E-state index contributed by atoms with van der Waals surface area (Å²) in [7, 11) is 1.41. The molecule has 3 heterocycles. The predicted molar refractivity (Wildman–Crippen MR) is 139 cm³/mol. The number of carbonyl (C=O) groups is 1. The minimum absolute atomic E-state index is 0.128. The van der Waals surface area contributed by atoms with E-state index < -0.39 is 46.0 Å². The molecule has 11 nitrogen and oxygen atoms in total. The van der Waals surface area contributed by atoms with Crippen molar-refractivity contribution in [2.24, 2.45) is 12.5 Å². The van der Waals surface area contributed by atoms with Crippen LogP contribution in [0.1, 0.15) is 60.0 Å². The van der Waals surface area contributed by atoms with Gasteiger partial charge in [0.2, 0.25) is 5.75 Å². The molecule has 0 fully saturated rings. The van der Waals surface area contributed by atoms with Crippen molar-refractivity contribution in [3.05, 3.63) is 86.9 Å². The van der Waals surface area contributed by atoms with E-state index in [0.717, 1.165) is 4.57 Å². The Morgan fingerprint density at radius 2 is 2.10 bits per heavy atom. The lowest BCUT2D eigenvalue weighted by molar-refractivity contribution is 0.101. The summed E-state index contributed by atoms with van der Waals surface area (Å²) in [6.07, 6.45) is 5.72. The molecule has 0 bridgehead atoms. The maximum Gasteiger partial charge on any atom is 0.296 e. The van der Waals surface area contributed by atoms with Crippen LogP contribution in [-0.2, 0) is 13.6 Å². The molecule has 4 rings (SSSR count). The van der Waals surface area contributed by atoms with Gasteiger partial charge in [0.1, 0.15) is 23.6 Å². The van der Waals surface area contributed by atoms with Crippen molar-refractivity contribution in [2.45, 2.75) is 39.2 Å².